The Morgan fingerprint density at radius 2 is 2.04 bits per heavy atom. The van der Waals surface area contributed by atoms with E-state index in [9.17, 15) is 4.79 Å². The molecule has 0 spiro atoms. The molecule has 25 heavy (non-hydrogen) atoms. The Labute approximate surface area is 146 Å². The molecule has 3 rings (SSSR count). The van der Waals surface area contributed by atoms with E-state index in [-0.39, 0.29) is 5.91 Å². The molecule has 0 saturated heterocycles. The Kier molecular flexibility index (Phi) is 4.87. The number of carbonyl (C=O) groups is 1. The summed E-state index contributed by atoms with van der Waals surface area (Å²) >= 11 is 0. The van der Waals surface area contributed by atoms with Gasteiger partial charge in [-0.15, -0.1) is 10.2 Å². The van der Waals surface area contributed by atoms with E-state index in [0.29, 0.717) is 12.4 Å². The fourth-order valence-electron chi connectivity index (χ4n) is 2.52. The van der Waals surface area contributed by atoms with E-state index in [1.807, 2.05) is 48.1 Å². The minimum atomic E-state index is -0.531. The van der Waals surface area contributed by atoms with Crippen molar-refractivity contribution in [1.82, 2.24) is 34.9 Å². The molecule has 0 bridgehead atoms. The molecule has 0 aliphatic carbocycles. The zero-order valence-corrected chi connectivity index (χ0v) is 14.6. The molecule has 0 aliphatic heterocycles. The predicted octanol–water partition coefficient (Wildman–Crippen LogP) is 1.78. The van der Waals surface area contributed by atoms with E-state index < -0.39 is 6.04 Å². The summed E-state index contributed by atoms with van der Waals surface area (Å²) in [6.07, 6.45) is 3.72. The highest BCUT2D eigenvalue weighted by molar-refractivity contribution is 5.79. The molecule has 1 aromatic carbocycles. The highest BCUT2D eigenvalue weighted by Gasteiger charge is 2.22. The van der Waals surface area contributed by atoms with Gasteiger partial charge in [0, 0.05) is 37.5 Å². The summed E-state index contributed by atoms with van der Waals surface area (Å²) in [5, 5.41) is 16.6. The topological polar surface area (TPSA) is 81.7 Å². The first-order chi connectivity index (χ1) is 12.1. The minimum Gasteiger partial charge on any atom is -0.339 e. The van der Waals surface area contributed by atoms with Crippen LogP contribution in [0.5, 0.6) is 0 Å². The van der Waals surface area contributed by atoms with Crippen molar-refractivity contribution in [3.8, 4) is 11.4 Å². The third-order valence-corrected chi connectivity index (χ3v) is 3.97. The predicted molar refractivity (Wildman–Crippen MR) is 92.3 cm³/mol. The lowest BCUT2D eigenvalue weighted by molar-refractivity contribution is -0.134. The van der Waals surface area contributed by atoms with Crippen molar-refractivity contribution in [3.63, 3.8) is 0 Å². The Balaban J connectivity index is 1.68. The van der Waals surface area contributed by atoms with Crippen LogP contribution in [0.15, 0.2) is 42.7 Å². The molecule has 8 heteroatoms. The zero-order valence-electron chi connectivity index (χ0n) is 14.6. The minimum absolute atomic E-state index is 0.0822. The Hall–Kier alpha value is -3.03. The molecule has 2 heterocycles. The van der Waals surface area contributed by atoms with Crippen LogP contribution in [0, 0.1) is 0 Å². The molecule has 0 saturated carbocycles. The van der Waals surface area contributed by atoms with Gasteiger partial charge in [-0.05, 0) is 19.1 Å². The van der Waals surface area contributed by atoms with Crippen molar-refractivity contribution in [2.24, 2.45) is 0 Å². The van der Waals surface area contributed by atoms with Gasteiger partial charge < -0.3 is 4.90 Å². The molecular formula is C17H21N7O. The first-order valence-electron chi connectivity index (χ1n) is 8.19. The van der Waals surface area contributed by atoms with Crippen molar-refractivity contribution in [3.05, 3.63) is 48.3 Å². The second-order valence-corrected chi connectivity index (χ2v) is 5.87. The van der Waals surface area contributed by atoms with Gasteiger partial charge in [0.25, 0.3) is 0 Å². The van der Waals surface area contributed by atoms with Crippen molar-refractivity contribution in [1.29, 1.82) is 0 Å². The average Bonchev–Trinajstić information content (AvgIpc) is 3.30. The molecule has 0 aliphatic rings. The highest BCUT2D eigenvalue weighted by Crippen LogP contribution is 2.15. The van der Waals surface area contributed by atoms with E-state index in [4.69, 9.17) is 0 Å². The van der Waals surface area contributed by atoms with E-state index in [1.54, 1.807) is 25.1 Å². The number of carbonyl (C=O) groups excluding carboxylic acids is 1. The molecule has 3 aromatic rings. The number of hydrogen-bond donors (Lipinski definition) is 0. The van der Waals surface area contributed by atoms with Crippen molar-refractivity contribution < 1.29 is 4.79 Å². The van der Waals surface area contributed by atoms with Gasteiger partial charge in [0.2, 0.25) is 11.7 Å². The molecule has 0 fully saturated rings. The maximum atomic E-state index is 12.6. The number of tetrazole rings is 1. The van der Waals surface area contributed by atoms with Crippen LogP contribution >= 0.6 is 0 Å². The summed E-state index contributed by atoms with van der Waals surface area (Å²) in [6.45, 7) is 5.09. The lowest BCUT2D eigenvalue weighted by atomic mass is 10.2. The smallest absolute Gasteiger partial charge is 0.249 e. The van der Waals surface area contributed by atoms with Crippen molar-refractivity contribution >= 4 is 5.91 Å². The lowest BCUT2D eigenvalue weighted by Crippen LogP contribution is -2.33. The summed E-state index contributed by atoms with van der Waals surface area (Å²) in [5.41, 5.74) is 1.86. The third-order valence-electron chi connectivity index (χ3n) is 3.97. The van der Waals surface area contributed by atoms with Crippen LogP contribution in [-0.2, 0) is 17.9 Å². The summed E-state index contributed by atoms with van der Waals surface area (Å²) < 4.78 is 1.84. The molecule has 0 radical (unpaired) electrons. The van der Waals surface area contributed by atoms with Gasteiger partial charge in [-0.2, -0.15) is 9.90 Å². The molecule has 130 valence electrons. The van der Waals surface area contributed by atoms with E-state index in [1.165, 1.54) is 4.80 Å². The second kappa shape index (κ2) is 7.25. The van der Waals surface area contributed by atoms with Crippen LogP contribution in [0.2, 0.25) is 0 Å². The van der Waals surface area contributed by atoms with Gasteiger partial charge in [0.15, 0.2) is 0 Å². The monoisotopic (exact) mass is 339 g/mol. The Morgan fingerprint density at radius 1 is 1.28 bits per heavy atom. The Bertz CT molecular complexity index is 840. The molecule has 2 aromatic heterocycles. The Morgan fingerprint density at radius 3 is 2.72 bits per heavy atom. The summed E-state index contributed by atoms with van der Waals surface area (Å²) in [6, 6.07) is 9.03. The molecule has 0 unspecified atom stereocenters. The lowest BCUT2D eigenvalue weighted by Gasteiger charge is -2.19. The standard InChI is InChI=1S/C17H21N7O/c1-4-23-12-14(10-18-23)11-22(3)17(25)13(2)24-20-16(19-21-24)15-8-6-5-7-9-15/h5-10,12-13H,4,11H2,1-3H3/t13-/m1/s1. The highest BCUT2D eigenvalue weighted by atomic mass is 16.2. The number of nitrogens with zero attached hydrogens (tertiary/aromatic N) is 7. The molecule has 0 N–H and O–H groups in total. The summed E-state index contributed by atoms with van der Waals surface area (Å²) in [5.74, 6) is 0.424. The van der Waals surface area contributed by atoms with Gasteiger partial charge in [0.05, 0.1) is 6.20 Å². The number of amides is 1. The average molecular weight is 339 g/mol. The number of likely N-dealkylation sites (N-methyl/N-ethyl adjacent to an activating group) is 1. The largest absolute Gasteiger partial charge is 0.339 e. The number of rotatable bonds is 6. The van der Waals surface area contributed by atoms with Crippen molar-refractivity contribution in [2.75, 3.05) is 7.05 Å². The summed E-state index contributed by atoms with van der Waals surface area (Å²) in [7, 11) is 1.76. The van der Waals surface area contributed by atoms with Crippen LogP contribution in [0.4, 0.5) is 0 Å². The third kappa shape index (κ3) is 3.73. The van der Waals surface area contributed by atoms with Gasteiger partial charge in [-0.3, -0.25) is 9.48 Å². The summed E-state index contributed by atoms with van der Waals surface area (Å²) in [4.78, 5) is 15.6. The molecule has 1 atom stereocenters. The van der Waals surface area contributed by atoms with E-state index >= 15 is 0 Å². The maximum Gasteiger partial charge on any atom is 0.249 e. The quantitative estimate of drug-likeness (QED) is 0.684. The maximum absolute atomic E-state index is 12.6. The first kappa shape index (κ1) is 16.8. The number of aryl methyl sites for hydroxylation is 1. The second-order valence-electron chi connectivity index (χ2n) is 5.87. The van der Waals surface area contributed by atoms with E-state index in [2.05, 4.69) is 20.5 Å². The number of aromatic nitrogens is 6. The van der Waals surface area contributed by atoms with E-state index in [0.717, 1.165) is 17.7 Å². The number of benzene rings is 1. The van der Waals surface area contributed by atoms with Gasteiger partial charge in [-0.25, -0.2) is 0 Å². The van der Waals surface area contributed by atoms with Crippen LogP contribution in [0.3, 0.4) is 0 Å². The van der Waals surface area contributed by atoms with Gasteiger partial charge >= 0.3 is 0 Å². The van der Waals surface area contributed by atoms with Crippen molar-refractivity contribution in [2.45, 2.75) is 33.0 Å². The number of hydrogen-bond acceptors (Lipinski definition) is 5. The first-order valence-corrected chi connectivity index (χ1v) is 8.19. The zero-order chi connectivity index (χ0) is 17.8. The van der Waals surface area contributed by atoms with Crippen LogP contribution in [0.1, 0.15) is 25.5 Å². The van der Waals surface area contributed by atoms with Crippen LogP contribution in [0.25, 0.3) is 11.4 Å². The van der Waals surface area contributed by atoms with Gasteiger partial charge in [-0.1, -0.05) is 30.3 Å². The molecule has 1 amide bonds. The molecule has 8 nitrogen and oxygen atoms in total. The normalized spacial score (nSPS) is 12.1. The van der Waals surface area contributed by atoms with Crippen LogP contribution in [-0.4, -0.2) is 47.8 Å². The molecular weight excluding hydrogens is 318 g/mol. The SMILES string of the molecule is CCn1cc(CN(C)C(=O)[C@@H](C)n2nnc(-c3ccccc3)n2)cn1. The fourth-order valence-corrected chi connectivity index (χ4v) is 2.52. The van der Waals surface area contributed by atoms with Gasteiger partial charge in [0.1, 0.15) is 6.04 Å². The van der Waals surface area contributed by atoms with Crippen LogP contribution < -0.4 is 0 Å². The fraction of sp³-hybridized carbons (Fsp3) is 0.353.